The van der Waals surface area contributed by atoms with Crippen LogP contribution in [0.3, 0.4) is 0 Å². The fraction of sp³-hybridized carbons (Fsp3) is 0.235. The summed E-state index contributed by atoms with van der Waals surface area (Å²) >= 11 is 0. The molecular weight excluding hydrogens is 356 g/mol. The number of ether oxygens (including phenoxy) is 1. The Morgan fingerprint density at radius 2 is 1.77 bits per heavy atom. The maximum absolute atomic E-state index is 12.8. The number of hydrogen-bond donors (Lipinski definition) is 0. The normalized spacial score (nSPS) is 15.8. The van der Waals surface area contributed by atoms with Gasteiger partial charge in [0.2, 0.25) is 15.8 Å². The molecule has 0 bridgehead atoms. The van der Waals surface area contributed by atoms with Gasteiger partial charge < -0.3 is 9.26 Å². The number of nitrogens with zero attached hydrogens (tertiary/aromatic N) is 4. The third kappa shape index (κ3) is 3.24. The van der Waals surface area contributed by atoms with Gasteiger partial charge in [-0.05, 0) is 30.3 Å². The molecule has 4 rings (SSSR count). The summed E-state index contributed by atoms with van der Waals surface area (Å²) in [4.78, 5) is 8.50. The Morgan fingerprint density at radius 3 is 2.54 bits per heavy atom. The zero-order valence-electron chi connectivity index (χ0n) is 13.8. The molecule has 9 heteroatoms. The van der Waals surface area contributed by atoms with Crippen molar-refractivity contribution in [2.75, 3.05) is 26.3 Å². The number of benzene rings is 1. The van der Waals surface area contributed by atoms with E-state index < -0.39 is 10.0 Å². The molecule has 1 aliphatic heterocycles. The fourth-order valence-corrected chi connectivity index (χ4v) is 4.14. The molecule has 0 atom stereocenters. The highest BCUT2D eigenvalue weighted by Crippen LogP contribution is 2.25. The van der Waals surface area contributed by atoms with Gasteiger partial charge in [0.25, 0.3) is 5.89 Å². The van der Waals surface area contributed by atoms with Gasteiger partial charge in [0.05, 0.1) is 18.1 Å². The number of pyridine rings is 1. The highest BCUT2D eigenvalue weighted by molar-refractivity contribution is 7.89. The van der Waals surface area contributed by atoms with Gasteiger partial charge in [0.15, 0.2) is 0 Å². The Morgan fingerprint density at radius 1 is 1.00 bits per heavy atom. The van der Waals surface area contributed by atoms with E-state index in [0.29, 0.717) is 37.7 Å². The van der Waals surface area contributed by atoms with Gasteiger partial charge in [-0.3, -0.25) is 4.98 Å². The second-order valence-corrected chi connectivity index (χ2v) is 7.64. The minimum absolute atomic E-state index is 0.195. The summed E-state index contributed by atoms with van der Waals surface area (Å²) < 4.78 is 37.5. The van der Waals surface area contributed by atoms with Crippen molar-refractivity contribution in [3.05, 3.63) is 48.8 Å². The lowest BCUT2D eigenvalue weighted by atomic mass is 10.2. The van der Waals surface area contributed by atoms with Crippen LogP contribution >= 0.6 is 0 Å². The zero-order chi connectivity index (χ0) is 18.0. The average molecular weight is 372 g/mol. The van der Waals surface area contributed by atoms with Gasteiger partial charge >= 0.3 is 0 Å². The fourth-order valence-electron chi connectivity index (χ4n) is 2.68. The Kier molecular flexibility index (Phi) is 4.49. The minimum Gasteiger partial charge on any atom is -0.379 e. The summed E-state index contributed by atoms with van der Waals surface area (Å²) in [6.07, 6.45) is 3.28. The minimum atomic E-state index is -3.58. The van der Waals surface area contributed by atoms with E-state index in [1.165, 1.54) is 4.31 Å². The van der Waals surface area contributed by atoms with E-state index in [2.05, 4.69) is 15.1 Å². The van der Waals surface area contributed by atoms with Crippen LogP contribution in [-0.2, 0) is 14.8 Å². The van der Waals surface area contributed by atoms with E-state index in [1.54, 1.807) is 48.8 Å². The molecule has 134 valence electrons. The van der Waals surface area contributed by atoms with Gasteiger partial charge in [-0.15, -0.1) is 0 Å². The molecule has 1 saturated heterocycles. The van der Waals surface area contributed by atoms with Crippen LogP contribution in [0, 0.1) is 0 Å². The van der Waals surface area contributed by atoms with Crippen molar-refractivity contribution in [2.24, 2.45) is 0 Å². The largest absolute Gasteiger partial charge is 0.379 e. The van der Waals surface area contributed by atoms with Crippen molar-refractivity contribution in [1.29, 1.82) is 0 Å². The van der Waals surface area contributed by atoms with Crippen LogP contribution in [0.25, 0.3) is 22.8 Å². The molecule has 0 saturated carbocycles. The third-order valence-corrected chi connectivity index (χ3v) is 5.95. The van der Waals surface area contributed by atoms with E-state index in [9.17, 15) is 8.42 Å². The van der Waals surface area contributed by atoms with Crippen molar-refractivity contribution in [1.82, 2.24) is 19.4 Å². The SMILES string of the molecule is O=S(=O)(c1cccc(-c2nc(-c3ccncc3)no2)c1)N1CCOCC1. The van der Waals surface area contributed by atoms with Gasteiger partial charge in [0.1, 0.15) is 0 Å². The molecule has 1 aromatic carbocycles. The standard InChI is InChI=1S/C17H16N4O4S/c22-26(23,21-8-10-24-11-9-21)15-3-1-2-14(12-15)17-19-16(20-25-17)13-4-6-18-7-5-13/h1-7,12H,8-11H2. The first kappa shape index (κ1) is 16.8. The molecule has 26 heavy (non-hydrogen) atoms. The van der Waals surface area contributed by atoms with Gasteiger partial charge in [-0.1, -0.05) is 11.2 Å². The monoisotopic (exact) mass is 372 g/mol. The van der Waals surface area contributed by atoms with Crippen molar-refractivity contribution < 1.29 is 17.7 Å². The highest BCUT2D eigenvalue weighted by atomic mass is 32.2. The molecule has 0 unspecified atom stereocenters. The van der Waals surface area contributed by atoms with Crippen molar-refractivity contribution in [3.63, 3.8) is 0 Å². The molecule has 0 radical (unpaired) electrons. The Balaban J connectivity index is 1.65. The first-order valence-corrected chi connectivity index (χ1v) is 9.51. The maximum Gasteiger partial charge on any atom is 0.258 e. The summed E-state index contributed by atoms with van der Waals surface area (Å²) in [7, 11) is -3.58. The van der Waals surface area contributed by atoms with Crippen molar-refractivity contribution >= 4 is 10.0 Å². The van der Waals surface area contributed by atoms with E-state index in [-0.39, 0.29) is 10.8 Å². The molecule has 3 heterocycles. The first-order valence-electron chi connectivity index (χ1n) is 8.07. The molecular formula is C17H16N4O4S. The van der Waals surface area contributed by atoms with Crippen molar-refractivity contribution in [3.8, 4) is 22.8 Å². The lowest BCUT2D eigenvalue weighted by molar-refractivity contribution is 0.0730. The van der Waals surface area contributed by atoms with Crippen LogP contribution in [0.5, 0.6) is 0 Å². The lowest BCUT2D eigenvalue weighted by Gasteiger charge is -2.26. The van der Waals surface area contributed by atoms with E-state index >= 15 is 0 Å². The van der Waals surface area contributed by atoms with E-state index in [1.807, 2.05) is 0 Å². The number of aromatic nitrogens is 3. The molecule has 0 N–H and O–H groups in total. The van der Waals surface area contributed by atoms with Crippen LogP contribution in [-0.4, -0.2) is 54.2 Å². The summed E-state index contributed by atoms with van der Waals surface area (Å²) in [5, 5.41) is 3.95. The van der Waals surface area contributed by atoms with Crippen LogP contribution < -0.4 is 0 Å². The van der Waals surface area contributed by atoms with Crippen LogP contribution in [0.4, 0.5) is 0 Å². The Hall–Kier alpha value is -2.62. The second kappa shape index (κ2) is 6.94. The summed E-state index contributed by atoms with van der Waals surface area (Å²) in [6.45, 7) is 1.49. The lowest BCUT2D eigenvalue weighted by Crippen LogP contribution is -2.40. The average Bonchev–Trinajstić information content (AvgIpc) is 3.20. The molecule has 2 aromatic heterocycles. The Labute approximate surface area is 150 Å². The van der Waals surface area contributed by atoms with E-state index in [4.69, 9.17) is 9.26 Å². The van der Waals surface area contributed by atoms with Gasteiger partial charge in [-0.25, -0.2) is 8.42 Å². The predicted molar refractivity (Wildman–Crippen MR) is 92.5 cm³/mol. The summed E-state index contributed by atoms with van der Waals surface area (Å²) in [5.41, 5.74) is 1.32. The number of sulfonamides is 1. The number of hydrogen-bond acceptors (Lipinski definition) is 7. The zero-order valence-corrected chi connectivity index (χ0v) is 14.6. The second-order valence-electron chi connectivity index (χ2n) is 5.70. The Bertz CT molecular complexity index is 998. The first-order chi connectivity index (χ1) is 12.6. The van der Waals surface area contributed by atoms with Crippen LogP contribution in [0.15, 0.2) is 58.2 Å². The topological polar surface area (TPSA) is 98.4 Å². The maximum atomic E-state index is 12.8. The number of morpholine rings is 1. The van der Waals surface area contributed by atoms with Crippen molar-refractivity contribution in [2.45, 2.75) is 4.90 Å². The van der Waals surface area contributed by atoms with Crippen LogP contribution in [0.2, 0.25) is 0 Å². The summed E-state index contributed by atoms with van der Waals surface area (Å²) in [5.74, 6) is 0.680. The highest BCUT2D eigenvalue weighted by Gasteiger charge is 2.26. The molecule has 1 aliphatic rings. The smallest absolute Gasteiger partial charge is 0.258 e. The van der Waals surface area contributed by atoms with E-state index in [0.717, 1.165) is 5.56 Å². The molecule has 0 aliphatic carbocycles. The number of rotatable bonds is 4. The van der Waals surface area contributed by atoms with Gasteiger partial charge in [0, 0.05) is 36.6 Å². The molecule has 0 amide bonds. The predicted octanol–water partition coefficient (Wildman–Crippen LogP) is 1.82. The van der Waals surface area contributed by atoms with Crippen LogP contribution in [0.1, 0.15) is 0 Å². The molecule has 3 aromatic rings. The molecule has 0 spiro atoms. The van der Waals surface area contributed by atoms with Gasteiger partial charge in [-0.2, -0.15) is 9.29 Å². The molecule has 8 nitrogen and oxygen atoms in total. The molecule has 1 fully saturated rings. The third-order valence-electron chi connectivity index (χ3n) is 4.05. The quantitative estimate of drug-likeness (QED) is 0.689. The summed E-state index contributed by atoms with van der Waals surface area (Å²) in [6, 6.07) is 10.1.